The molecule has 1 aromatic carbocycles. The van der Waals surface area contributed by atoms with Crippen molar-refractivity contribution in [3.8, 4) is 5.75 Å². The van der Waals surface area contributed by atoms with E-state index in [-0.39, 0.29) is 37.5 Å². The summed E-state index contributed by atoms with van der Waals surface area (Å²) in [6.07, 6.45) is -2.47. The molecule has 44 heavy (non-hydrogen) atoms. The second kappa shape index (κ2) is 17.9. The van der Waals surface area contributed by atoms with Gasteiger partial charge in [-0.05, 0) is 44.4 Å². The van der Waals surface area contributed by atoms with Gasteiger partial charge in [-0.2, -0.15) is 0 Å². The number of aliphatic hydroxyl groups is 1. The number of carbonyl (C=O) groups excluding carboxylic acids is 4. The Labute approximate surface area is 252 Å². The highest BCUT2D eigenvalue weighted by Crippen LogP contribution is 2.12. The van der Waals surface area contributed by atoms with E-state index in [2.05, 4.69) is 20.9 Å². The smallest absolute Gasteiger partial charge is 0.326 e. The van der Waals surface area contributed by atoms with Crippen molar-refractivity contribution in [1.29, 1.82) is 0 Å². The summed E-state index contributed by atoms with van der Waals surface area (Å²) in [6.45, 7) is 2.65. The summed E-state index contributed by atoms with van der Waals surface area (Å²) < 4.78 is 0. The Kier molecular flexibility index (Phi) is 15.0. The van der Waals surface area contributed by atoms with Crippen molar-refractivity contribution in [2.24, 2.45) is 22.2 Å². The number of amides is 4. The van der Waals surface area contributed by atoms with Gasteiger partial charge in [0.1, 0.15) is 29.9 Å². The number of hydrogen-bond acceptors (Lipinski definition) is 10. The number of carbonyl (C=O) groups is 6. The van der Waals surface area contributed by atoms with Gasteiger partial charge in [0.15, 0.2) is 5.96 Å². The first-order valence-corrected chi connectivity index (χ1v) is 13.4. The van der Waals surface area contributed by atoms with E-state index >= 15 is 0 Å². The van der Waals surface area contributed by atoms with E-state index in [1.165, 1.54) is 31.2 Å². The first-order chi connectivity index (χ1) is 20.5. The molecule has 18 heteroatoms. The van der Waals surface area contributed by atoms with E-state index in [1.54, 1.807) is 0 Å². The van der Waals surface area contributed by atoms with Crippen LogP contribution in [0.1, 0.15) is 38.7 Å². The molecule has 0 spiro atoms. The highest BCUT2D eigenvalue weighted by atomic mass is 16.4. The van der Waals surface area contributed by atoms with Crippen molar-refractivity contribution < 1.29 is 49.2 Å². The number of carboxylic acids is 2. The van der Waals surface area contributed by atoms with Crippen molar-refractivity contribution >= 4 is 41.5 Å². The van der Waals surface area contributed by atoms with E-state index in [0.717, 1.165) is 6.92 Å². The van der Waals surface area contributed by atoms with E-state index in [4.69, 9.17) is 22.3 Å². The number of hydrogen-bond donors (Lipinski definition) is 11. The fourth-order valence-corrected chi connectivity index (χ4v) is 3.72. The number of aliphatic imine (C=N–C) groups is 1. The first-order valence-electron chi connectivity index (χ1n) is 13.4. The second-order valence-electron chi connectivity index (χ2n) is 9.95. The number of guanidine groups is 1. The predicted octanol–water partition coefficient (Wildman–Crippen LogP) is -3.79. The Balaban J connectivity index is 3.28. The Morgan fingerprint density at radius 1 is 0.818 bits per heavy atom. The number of aromatic hydroxyl groups is 1. The van der Waals surface area contributed by atoms with Crippen molar-refractivity contribution in [2.75, 3.05) is 6.54 Å². The molecule has 4 amide bonds. The molecule has 0 aliphatic heterocycles. The van der Waals surface area contributed by atoms with Gasteiger partial charge >= 0.3 is 11.9 Å². The van der Waals surface area contributed by atoms with Gasteiger partial charge in [0.2, 0.25) is 23.6 Å². The van der Waals surface area contributed by atoms with Crippen molar-refractivity contribution in [2.45, 2.75) is 75.8 Å². The molecule has 0 fully saturated rings. The van der Waals surface area contributed by atoms with E-state index in [9.17, 15) is 44.1 Å². The van der Waals surface area contributed by atoms with Crippen LogP contribution in [0.4, 0.5) is 0 Å². The number of nitrogens with zero attached hydrogens (tertiary/aromatic N) is 1. The van der Waals surface area contributed by atoms with E-state index in [1.807, 2.05) is 5.32 Å². The zero-order valence-electron chi connectivity index (χ0n) is 24.2. The topological polar surface area (TPSA) is 322 Å². The molecule has 0 aromatic heterocycles. The van der Waals surface area contributed by atoms with Gasteiger partial charge in [-0.25, -0.2) is 4.79 Å². The first kappa shape index (κ1) is 37.1. The minimum Gasteiger partial charge on any atom is -0.508 e. The maximum absolute atomic E-state index is 13.4. The molecule has 0 unspecified atom stereocenters. The lowest BCUT2D eigenvalue weighted by Crippen LogP contribution is -2.61. The monoisotopic (exact) mass is 624 g/mol. The summed E-state index contributed by atoms with van der Waals surface area (Å²) in [7, 11) is 0. The average Bonchev–Trinajstić information content (AvgIpc) is 2.92. The van der Waals surface area contributed by atoms with Gasteiger partial charge < -0.3 is 58.9 Å². The molecule has 1 aromatic rings. The van der Waals surface area contributed by atoms with Crippen LogP contribution in [0.3, 0.4) is 0 Å². The Hall–Kier alpha value is -4.97. The van der Waals surface area contributed by atoms with Gasteiger partial charge in [0.05, 0.1) is 18.6 Å². The summed E-state index contributed by atoms with van der Waals surface area (Å²) in [5.41, 5.74) is 16.7. The van der Waals surface area contributed by atoms with Crippen LogP contribution < -0.4 is 38.5 Å². The van der Waals surface area contributed by atoms with Crippen LogP contribution in [0.25, 0.3) is 0 Å². The maximum Gasteiger partial charge on any atom is 0.326 e. The zero-order valence-corrected chi connectivity index (χ0v) is 24.2. The largest absolute Gasteiger partial charge is 0.508 e. The molecule has 0 aliphatic carbocycles. The number of aliphatic hydroxyl groups excluding tert-OH is 1. The van der Waals surface area contributed by atoms with Crippen LogP contribution in [-0.4, -0.2) is 105 Å². The molecule has 0 bridgehead atoms. The van der Waals surface area contributed by atoms with E-state index in [0.29, 0.717) is 5.56 Å². The predicted molar refractivity (Wildman–Crippen MR) is 155 cm³/mol. The van der Waals surface area contributed by atoms with Crippen LogP contribution in [0, 0.1) is 0 Å². The number of phenols is 1. The molecular formula is C26H40N8O10. The lowest BCUT2D eigenvalue weighted by Gasteiger charge is -2.27. The quantitative estimate of drug-likeness (QED) is 0.0425. The number of rotatable bonds is 18. The summed E-state index contributed by atoms with van der Waals surface area (Å²) in [4.78, 5) is 78.1. The molecule has 0 radical (unpaired) electrons. The summed E-state index contributed by atoms with van der Waals surface area (Å²) >= 11 is 0. The molecule has 1 rings (SSSR count). The SMILES string of the molecule is C[C@H](N)C(=O)N[C@@H](CCCN=C(N)N)C(=O)N[C@@H](Cc1ccc(O)cc1)C(=O)N[C@H](C(=O)N[C@@H](CC(=O)O)C(=O)O)[C@@H](C)O. The van der Waals surface area contributed by atoms with Crippen LogP contribution >= 0.6 is 0 Å². The third kappa shape index (κ3) is 13.3. The van der Waals surface area contributed by atoms with Crippen LogP contribution in [0.15, 0.2) is 29.3 Å². The van der Waals surface area contributed by atoms with Crippen LogP contribution in [-0.2, 0) is 35.2 Å². The fraction of sp³-hybridized carbons (Fsp3) is 0.500. The fourth-order valence-electron chi connectivity index (χ4n) is 3.72. The summed E-state index contributed by atoms with van der Waals surface area (Å²) in [5.74, 6) is -7.08. The third-order valence-corrected chi connectivity index (χ3v) is 6.06. The lowest BCUT2D eigenvalue weighted by molar-refractivity contribution is -0.148. The number of phenolic OH excluding ortho intramolecular Hbond substituents is 1. The molecule has 0 saturated carbocycles. The highest BCUT2D eigenvalue weighted by molar-refractivity contribution is 5.96. The van der Waals surface area contributed by atoms with Crippen molar-refractivity contribution in [3.63, 3.8) is 0 Å². The molecule has 14 N–H and O–H groups in total. The molecule has 244 valence electrons. The number of aliphatic carboxylic acids is 2. The van der Waals surface area contributed by atoms with Gasteiger partial charge in [-0.3, -0.25) is 29.0 Å². The Morgan fingerprint density at radius 3 is 1.86 bits per heavy atom. The summed E-state index contributed by atoms with van der Waals surface area (Å²) in [6, 6.07) is -1.61. The maximum atomic E-state index is 13.4. The minimum atomic E-state index is -1.86. The van der Waals surface area contributed by atoms with Crippen LogP contribution in [0.2, 0.25) is 0 Å². The zero-order chi connectivity index (χ0) is 33.6. The molecule has 0 aliphatic rings. The molecular weight excluding hydrogens is 584 g/mol. The van der Waals surface area contributed by atoms with Gasteiger partial charge in [0.25, 0.3) is 0 Å². The molecule has 0 saturated heterocycles. The van der Waals surface area contributed by atoms with Crippen LogP contribution in [0.5, 0.6) is 5.75 Å². The van der Waals surface area contributed by atoms with Crippen molar-refractivity contribution in [1.82, 2.24) is 21.3 Å². The van der Waals surface area contributed by atoms with E-state index < -0.39 is 78.3 Å². The Morgan fingerprint density at radius 2 is 1.36 bits per heavy atom. The number of carboxylic acid groups (broad SMARTS) is 2. The van der Waals surface area contributed by atoms with Gasteiger partial charge in [-0.15, -0.1) is 0 Å². The minimum absolute atomic E-state index is 0.0352. The number of benzene rings is 1. The summed E-state index contributed by atoms with van der Waals surface area (Å²) in [5, 5.41) is 47.2. The molecule has 0 heterocycles. The normalized spacial score (nSPS) is 14.8. The average molecular weight is 625 g/mol. The standard InChI is InChI=1S/C26H40N8O10/c1-12(27)21(39)31-16(4-3-9-30-26(28)29)22(40)32-17(10-14-5-7-15(36)8-6-14)23(41)34-20(13(2)35)24(42)33-18(25(43)44)11-19(37)38/h5-8,12-13,16-18,20,35-36H,3-4,9-11,27H2,1-2H3,(H,31,39)(H,32,40)(H,33,42)(H,34,41)(H,37,38)(H,43,44)(H4,28,29,30)/t12-,13+,16-,17-,18-,20-/m0/s1. The second-order valence-corrected chi connectivity index (χ2v) is 9.95. The molecule has 18 nitrogen and oxygen atoms in total. The highest BCUT2D eigenvalue weighted by Gasteiger charge is 2.34. The third-order valence-electron chi connectivity index (χ3n) is 6.06. The Bertz CT molecular complexity index is 1200. The van der Waals surface area contributed by atoms with Gasteiger partial charge in [0, 0.05) is 13.0 Å². The number of nitrogens with one attached hydrogen (secondary N) is 4. The van der Waals surface area contributed by atoms with Gasteiger partial charge in [-0.1, -0.05) is 12.1 Å². The lowest BCUT2D eigenvalue weighted by atomic mass is 10.0. The van der Waals surface area contributed by atoms with Crippen molar-refractivity contribution in [3.05, 3.63) is 29.8 Å². The molecule has 6 atom stereocenters. The number of nitrogens with two attached hydrogens (primary N) is 3.